The van der Waals surface area contributed by atoms with Gasteiger partial charge in [-0.15, -0.1) is 0 Å². The van der Waals surface area contributed by atoms with E-state index < -0.39 is 0 Å². The van der Waals surface area contributed by atoms with E-state index in [4.69, 9.17) is 4.74 Å². The fraction of sp³-hybridized carbons (Fsp3) is 0.375. The molecule has 0 saturated carbocycles. The molecule has 0 aliphatic rings. The average molecular weight is 350 g/mol. The zero-order valence-corrected chi connectivity index (χ0v) is 14.3. The van der Waals surface area contributed by atoms with Crippen molar-refractivity contribution in [1.82, 2.24) is 9.97 Å². The summed E-state index contributed by atoms with van der Waals surface area (Å²) in [7, 11) is 1.68. The van der Waals surface area contributed by atoms with Crippen molar-refractivity contribution in [1.29, 1.82) is 0 Å². The van der Waals surface area contributed by atoms with Crippen LogP contribution in [0.2, 0.25) is 0 Å². The molecule has 1 N–H and O–H groups in total. The summed E-state index contributed by atoms with van der Waals surface area (Å²) in [5, 5.41) is 3.42. The minimum absolute atomic E-state index is 0.00278. The van der Waals surface area contributed by atoms with Gasteiger partial charge in [-0.3, -0.25) is 0 Å². The summed E-state index contributed by atoms with van der Waals surface area (Å²) in [6.45, 7) is 6.55. The van der Waals surface area contributed by atoms with Gasteiger partial charge < -0.3 is 10.1 Å². The maximum atomic E-state index is 5.32. The number of hydrogen-bond acceptors (Lipinski definition) is 4. The Bertz CT molecular complexity index is 593. The van der Waals surface area contributed by atoms with Gasteiger partial charge in [0.05, 0.1) is 17.6 Å². The van der Waals surface area contributed by atoms with Gasteiger partial charge in [0.25, 0.3) is 0 Å². The first-order valence-corrected chi connectivity index (χ1v) is 7.57. The van der Waals surface area contributed by atoms with Gasteiger partial charge in [-0.25, -0.2) is 9.97 Å². The molecule has 0 fully saturated rings. The first-order valence-electron chi connectivity index (χ1n) is 6.78. The molecule has 5 heteroatoms. The first-order chi connectivity index (χ1) is 9.90. The maximum absolute atomic E-state index is 5.32. The number of halogens is 1. The highest BCUT2D eigenvalue weighted by Gasteiger charge is 2.27. The quantitative estimate of drug-likeness (QED) is 0.885. The minimum atomic E-state index is 0.00278. The van der Waals surface area contributed by atoms with Crippen molar-refractivity contribution >= 4 is 21.9 Å². The molecule has 0 aliphatic heterocycles. The van der Waals surface area contributed by atoms with Crippen molar-refractivity contribution in [3.8, 4) is 5.75 Å². The molecule has 0 aliphatic carbocycles. The molecule has 0 unspecified atom stereocenters. The van der Waals surface area contributed by atoms with E-state index in [0.29, 0.717) is 5.95 Å². The highest BCUT2D eigenvalue weighted by Crippen LogP contribution is 2.36. The fourth-order valence-corrected chi connectivity index (χ4v) is 2.34. The van der Waals surface area contributed by atoms with E-state index in [1.54, 1.807) is 19.5 Å². The van der Waals surface area contributed by atoms with Crippen molar-refractivity contribution in [3.63, 3.8) is 0 Å². The molecule has 0 amide bonds. The van der Waals surface area contributed by atoms with E-state index in [1.807, 2.05) is 18.2 Å². The lowest BCUT2D eigenvalue weighted by Crippen LogP contribution is -2.26. The predicted molar refractivity (Wildman–Crippen MR) is 88.5 cm³/mol. The second-order valence-corrected chi connectivity index (χ2v) is 6.86. The standard InChI is InChI=1S/C16H20BrN3O/c1-16(2,3)14(11-6-5-7-13(8-11)21-4)20-15-18-9-12(17)10-19-15/h5-10,14H,1-4H3,(H,18,19,20)/t14-/m0/s1. The third-order valence-electron chi connectivity index (χ3n) is 3.19. The Hall–Kier alpha value is -1.62. The minimum Gasteiger partial charge on any atom is -0.497 e. The molecular formula is C16H20BrN3O. The van der Waals surface area contributed by atoms with Gasteiger partial charge in [-0.1, -0.05) is 32.9 Å². The zero-order valence-electron chi connectivity index (χ0n) is 12.7. The van der Waals surface area contributed by atoms with Gasteiger partial charge in [0.15, 0.2) is 0 Å². The zero-order chi connectivity index (χ0) is 15.5. The van der Waals surface area contributed by atoms with Gasteiger partial charge >= 0.3 is 0 Å². The number of benzene rings is 1. The third-order valence-corrected chi connectivity index (χ3v) is 3.60. The van der Waals surface area contributed by atoms with Crippen LogP contribution in [0.3, 0.4) is 0 Å². The summed E-state index contributed by atoms with van der Waals surface area (Å²) >= 11 is 3.35. The maximum Gasteiger partial charge on any atom is 0.223 e. The highest BCUT2D eigenvalue weighted by atomic mass is 79.9. The third kappa shape index (κ3) is 4.17. The van der Waals surface area contributed by atoms with Crippen LogP contribution in [0.25, 0.3) is 0 Å². The molecule has 1 heterocycles. The van der Waals surface area contributed by atoms with E-state index in [1.165, 1.54) is 0 Å². The monoisotopic (exact) mass is 349 g/mol. The van der Waals surface area contributed by atoms with Crippen molar-refractivity contribution in [2.75, 3.05) is 12.4 Å². The molecule has 112 valence electrons. The first kappa shape index (κ1) is 15.8. The molecular weight excluding hydrogens is 330 g/mol. The van der Waals surface area contributed by atoms with E-state index in [-0.39, 0.29) is 11.5 Å². The smallest absolute Gasteiger partial charge is 0.223 e. The number of aromatic nitrogens is 2. The molecule has 1 aromatic heterocycles. The van der Waals surface area contributed by atoms with Gasteiger partial charge in [-0.2, -0.15) is 0 Å². The van der Waals surface area contributed by atoms with E-state index in [2.05, 4.69) is 58.1 Å². The Kier molecular flexibility index (Phi) is 4.83. The van der Waals surface area contributed by atoms with Crippen molar-refractivity contribution in [3.05, 3.63) is 46.7 Å². The molecule has 0 spiro atoms. The largest absolute Gasteiger partial charge is 0.497 e. The second-order valence-electron chi connectivity index (χ2n) is 5.94. The van der Waals surface area contributed by atoms with Crippen LogP contribution in [-0.4, -0.2) is 17.1 Å². The van der Waals surface area contributed by atoms with Crippen LogP contribution >= 0.6 is 15.9 Å². The van der Waals surface area contributed by atoms with E-state index >= 15 is 0 Å². The fourth-order valence-electron chi connectivity index (χ4n) is 2.14. The van der Waals surface area contributed by atoms with Gasteiger partial charge in [0.2, 0.25) is 5.95 Å². The Labute approximate surface area is 134 Å². The Morgan fingerprint density at radius 3 is 2.43 bits per heavy atom. The van der Waals surface area contributed by atoms with Crippen LogP contribution in [0.5, 0.6) is 5.75 Å². The van der Waals surface area contributed by atoms with Crippen molar-refractivity contribution in [2.45, 2.75) is 26.8 Å². The molecule has 1 atom stereocenters. The number of methoxy groups -OCH3 is 1. The van der Waals surface area contributed by atoms with Gasteiger partial charge in [0, 0.05) is 12.4 Å². The number of ether oxygens (including phenoxy) is 1. The number of anilines is 1. The number of hydrogen-bond donors (Lipinski definition) is 1. The van der Waals surface area contributed by atoms with E-state index in [9.17, 15) is 0 Å². The van der Waals surface area contributed by atoms with Crippen LogP contribution in [0.4, 0.5) is 5.95 Å². The molecule has 0 saturated heterocycles. The Balaban J connectivity index is 2.32. The molecule has 1 aromatic carbocycles. The van der Waals surface area contributed by atoms with E-state index in [0.717, 1.165) is 15.8 Å². The van der Waals surface area contributed by atoms with Crippen LogP contribution in [0.15, 0.2) is 41.1 Å². The Morgan fingerprint density at radius 2 is 1.86 bits per heavy atom. The molecule has 2 aromatic rings. The SMILES string of the molecule is COc1cccc([C@H](Nc2ncc(Br)cn2)C(C)(C)C)c1. The number of nitrogens with one attached hydrogen (secondary N) is 1. The summed E-state index contributed by atoms with van der Waals surface area (Å²) in [5.74, 6) is 1.46. The van der Waals surface area contributed by atoms with Crippen LogP contribution in [0.1, 0.15) is 32.4 Å². The van der Waals surface area contributed by atoms with Crippen molar-refractivity contribution in [2.24, 2.45) is 5.41 Å². The molecule has 4 nitrogen and oxygen atoms in total. The Morgan fingerprint density at radius 1 is 1.19 bits per heavy atom. The van der Waals surface area contributed by atoms with Crippen LogP contribution in [-0.2, 0) is 0 Å². The van der Waals surface area contributed by atoms with Crippen LogP contribution in [0, 0.1) is 5.41 Å². The summed E-state index contributed by atoms with van der Waals surface area (Å²) in [5.41, 5.74) is 1.15. The molecule has 2 rings (SSSR count). The van der Waals surface area contributed by atoms with Gasteiger partial charge in [-0.05, 0) is 39.0 Å². The molecule has 0 bridgehead atoms. The van der Waals surface area contributed by atoms with Gasteiger partial charge in [0.1, 0.15) is 5.75 Å². The normalized spacial score (nSPS) is 12.8. The number of nitrogens with zero attached hydrogens (tertiary/aromatic N) is 2. The second kappa shape index (κ2) is 6.43. The lowest BCUT2D eigenvalue weighted by molar-refractivity contribution is 0.344. The highest BCUT2D eigenvalue weighted by molar-refractivity contribution is 9.10. The lowest BCUT2D eigenvalue weighted by Gasteiger charge is -2.32. The topological polar surface area (TPSA) is 47.0 Å². The molecule has 21 heavy (non-hydrogen) atoms. The van der Waals surface area contributed by atoms with Crippen LogP contribution < -0.4 is 10.1 Å². The van der Waals surface area contributed by atoms with Crippen molar-refractivity contribution < 1.29 is 4.74 Å². The summed E-state index contributed by atoms with van der Waals surface area (Å²) in [4.78, 5) is 8.60. The number of rotatable bonds is 4. The summed E-state index contributed by atoms with van der Waals surface area (Å²) in [6.07, 6.45) is 3.47. The molecule has 0 radical (unpaired) electrons. The summed E-state index contributed by atoms with van der Waals surface area (Å²) < 4.78 is 6.18. The lowest BCUT2D eigenvalue weighted by atomic mass is 9.82. The average Bonchev–Trinajstić information content (AvgIpc) is 2.45. The summed E-state index contributed by atoms with van der Waals surface area (Å²) in [6, 6.07) is 8.15. The predicted octanol–water partition coefficient (Wildman–Crippen LogP) is 4.45.